The van der Waals surface area contributed by atoms with E-state index < -0.39 is 0 Å². The zero-order valence-electron chi connectivity index (χ0n) is 6.64. The molecule has 2 rings (SSSR count). The minimum absolute atomic E-state index is 1.36. The molecule has 0 aliphatic carbocycles. The smallest absolute Gasteiger partial charge is 0.0348 e. The summed E-state index contributed by atoms with van der Waals surface area (Å²) in [5.74, 6) is 0. The number of hydrogen-bond donors (Lipinski definition) is 0. The van der Waals surface area contributed by atoms with Crippen LogP contribution in [0.25, 0.3) is 10.1 Å². The van der Waals surface area contributed by atoms with E-state index in [1.165, 1.54) is 20.5 Å². The second-order valence-electron chi connectivity index (χ2n) is 2.71. The van der Waals surface area contributed by atoms with Crippen molar-refractivity contribution in [3.05, 3.63) is 34.7 Å². The molecule has 0 atom stereocenters. The third-order valence-electron chi connectivity index (χ3n) is 2.02. The molecule has 0 spiro atoms. The summed E-state index contributed by atoms with van der Waals surface area (Å²) in [6.45, 7) is 4.34. The van der Waals surface area contributed by atoms with Gasteiger partial charge in [-0.05, 0) is 43.0 Å². The maximum Gasteiger partial charge on any atom is 0.0348 e. The van der Waals surface area contributed by atoms with E-state index in [1.807, 2.05) is 17.4 Å². The number of fused-ring (bicyclic) bond motifs is 1. The molecule has 0 nitrogen and oxygen atoms in total. The average Bonchev–Trinajstić information content (AvgIpc) is 2.30. The first-order valence-corrected chi connectivity index (χ1v) is 4.46. The first-order chi connectivity index (χ1) is 5.29. The van der Waals surface area contributed by atoms with Crippen molar-refractivity contribution in [3.63, 3.8) is 0 Å². The first kappa shape index (κ1) is 6.86. The summed E-state index contributed by atoms with van der Waals surface area (Å²) in [5.41, 5.74) is 1.40. The Morgan fingerprint density at radius 1 is 1.36 bits per heavy atom. The van der Waals surface area contributed by atoms with Gasteiger partial charge < -0.3 is 0 Å². The van der Waals surface area contributed by atoms with Crippen molar-refractivity contribution < 1.29 is 0 Å². The molecule has 1 radical (unpaired) electrons. The highest BCUT2D eigenvalue weighted by Crippen LogP contribution is 2.29. The molecule has 55 valence electrons. The third kappa shape index (κ3) is 0.962. The van der Waals surface area contributed by atoms with Crippen LogP contribution in [0.2, 0.25) is 0 Å². The lowest BCUT2D eigenvalue weighted by Crippen LogP contribution is -1.68. The van der Waals surface area contributed by atoms with Crippen LogP contribution in [-0.2, 0) is 0 Å². The Morgan fingerprint density at radius 2 is 2.18 bits per heavy atom. The molecule has 11 heavy (non-hydrogen) atoms. The Kier molecular flexibility index (Phi) is 1.46. The number of thiophene rings is 1. The summed E-state index contributed by atoms with van der Waals surface area (Å²) in [4.78, 5) is 1.42. The van der Waals surface area contributed by atoms with Crippen LogP contribution in [0, 0.1) is 19.9 Å². The first-order valence-electron chi connectivity index (χ1n) is 3.65. The lowest BCUT2D eigenvalue weighted by molar-refractivity contribution is 1.47. The van der Waals surface area contributed by atoms with Gasteiger partial charge in [0.15, 0.2) is 0 Å². The molecule has 2 aromatic rings. The van der Waals surface area contributed by atoms with Gasteiger partial charge in [-0.25, -0.2) is 0 Å². The van der Waals surface area contributed by atoms with Gasteiger partial charge in [-0.1, -0.05) is 6.07 Å². The summed E-state index contributed by atoms with van der Waals surface area (Å²) in [6, 6.07) is 9.25. The minimum atomic E-state index is 1.36. The maximum absolute atomic E-state index is 3.10. The van der Waals surface area contributed by atoms with Gasteiger partial charge in [0.25, 0.3) is 0 Å². The molecule has 0 fully saturated rings. The molecule has 1 heteroatoms. The van der Waals surface area contributed by atoms with Crippen LogP contribution in [0.4, 0.5) is 0 Å². The number of benzene rings is 1. The molecule has 0 saturated heterocycles. The van der Waals surface area contributed by atoms with Gasteiger partial charge in [0.1, 0.15) is 0 Å². The van der Waals surface area contributed by atoms with Crippen molar-refractivity contribution in [2.45, 2.75) is 13.8 Å². The topological polar surface area (TPSA) is 0 Å². The van der Waals surface area contributed by atoms with Crippen LogP contribution >= 0.6 is 11.3 Å². The highest BCUT2D eigenvalue weighted by atomic mass is 32.1. The second kappa shape index (κ2) is 2.35. The van der Waals surface area contributed by atoms with E-state index in [-0.39, 0.29) is 0 Å². The Bertz CT molecular complexity index is 385. The lowest BCUT2D eigenvalue weighted by atomic mass is 10.2. The third-order valence-corrected chi connectivity index (χ3v) is 3.21. The summed E-state index contributed by atoms with van der Waals surface area (Å²) >= 11 is 1.86. The van der Waals surface area contributed by atoms with Gasteiger partial charge in [-0.2, -0.15) is 0 Å². The molecular formula is C10H9S. The molecule has 0 aliphatic rings. The van der Waals surface area contributed by atoms with Crippen LogP contribution in [0.5, 0.6) is 0 Å². The zero-order valence-corrected chi connectivity index (χ0v) is 7.46. The van der Waals surface area contributed by atoms with Crippen LogP contribution < -0.4 is 0 Å². The second-order valence-corrected chi connectivity index (χ2v) is 3.96. The summed E-state index contributed by atoms with van der Waals surface area (Å²) in [5, 5.41) is 1.36. The molecular weight excluding hydrogens is 152 g/mol. The fraction of sp³-hybridized carbons (Fsp3) is 0.200. The largest absolute Gasteiger partial charge is 0.140 e. The van der Waals surface area contributed by atoms with Crippen molar-refractivity contribution in [1.29, 1.82) is 0 Å². The predicted molar refractivity (Wildman–Crippen MR) is 50.1 cm³/mol. The van der Waals surface area contributed by atoms with Crippen molar-refractivity contribution in [1.82, 2.24) is 0 Å². The predicted octanol–water partition coefficient (Wildman–Crippen LogP) is 3.32. The van der Waals surface area contributed by atoms with Crippen molar-refractivity contribution in [2.75, 3.05) is 0 Å². The molecule has 0 unspecified atom stereocenters. The van der Waals surface area contributed by atoms with E-state index in [2.05, 4.69) is 32.0 Å². The molecule has 0 bridgehead atoms. The normalized spacial score (nSPS) is 10.7. The molecule has 0 aliphatic heterocycles. The van der Waals surface area contributed by atoms with Gasteiger partial charge in [-0.3, -0.25) is 0 Å². The lowest BCUT2D eigenvalue weighted by Gasteiger charge is -1.88. The Morgan fingerprint density at radius 3 is 2.91 bits per heavy atom. The Hall–Kier alpha value is -0.820. The van der Waals surface area contributed by atoms with Gasteiger partial charge >= 0.3 is 0 Å². The average molecular weight is 161 g/mol. The van der Waals surface area contributed by atoms with E-state index in [1.54, 1.807) is 0 Å². The molecule has 1 aromatic heterocycles. The van der Waals surface area contributed by atoms with E-state index in [0.29, 0.717) is 0 Å². The van der Waals surface area contributed by atoms with Crippen molar-refractivity contribution in [2.24, 2.45) is 0 Å². The van der Waals surface area contributed by atoms with Gasteiger partial charge in [-0.15, -0.1) is 11.3 Å². The highest BCUT2D eigenvalue weighted by molar-refractivity contribution is 7.19. The monoisotopic (exact) mass is 161 g/mol. The van der Waals surface area contributed by atoms with Crippen LogP contribution in [0.3, 0.4) is 0 Å². The quantitative estimate of drug-likeness (QED) is 0.556. The zero-order chi connectivity index (χ0) is 7.84. The fourth-order valence-electron chi connectivity index (χ4n) is 1.23. The number of aryl methyl sites for hydroxylation is 2. The van der Waals surface area contributed by atoms with Gasteiger partial charge in [0.05, 0.1) is 0 Å². The standard InChI is InChI=1S/C10H9S/c1-7-8(2)11-10-6-4-3-5-9(7)10/h4-6H,1-2H3. The number of hydrogen-bond acceptors (Lipinski definition) is 1. The minimum Gasteiger partial charge on any atom is -0.140 e. The Balaban J connectivity index is 2.92. The molecule has 1 aromatic carbocycles. The van der Waals surface area contributed by atoms with Crippen LogP contribution in [0.15, 0.2) is 18.2 Å². The van der Waals surface area contributed by atoms with Crippen molar-refractivity contribution in [3.8, 4) is 0 Å². The highest BCUT2D eigenvalue weighted by Gasteiger charge is 2.01. The number of rotatable bonds is 0. The van der Waals surface area contributed by atoms with E-state index in [9.17, 15) is 0 Å². The molecule has 0 N–H and O–H groups in total. The van der Waals surface area contributed by atoms with Crippen LogP contribution in [-0.4, -0.2) is 0 Å². The summed E-state index contributed by atoms with van der Waals surface area (Å²) in [6.07, 6.45) is 0. The SMILES string of the molecule is Cc1sc2cc[c]cc2c1C. The van der Waals surface area contributed by atoms with E-state index in [0.717, 1.165) is 0 Å². The molecule has 0 saturated carbocycles. The summed E-state index contributed by atoms with van der Waals surface area (Å²) in [7, 11) is 0. The maximum atomic E-state index is 3.10. The molecule has 0 amide bonds. The summed E-state index contributed by atoms with van der Waals surface area (Å²) < 4.78 is 1.37. The van der Waals surface area contributed by atoms with Gasteiger partial charge in [0.2, 0.25) is 0 Å². The van der Waals surface area contributed by atoms with Crippen molar-refractivity contribution >= 4 is 21.4 Å². The van der Waals surface area contributed by atoms with E-state index in [4.69, 9.17) is 0 Å². The molecule has 1 heterocycles. The van der Waals surface area contributed by atoms with Crippen LogP contribution in [0.1, 0.15) is 10.4 Å². The van der Waals surface area contributed by atoms with E-state index >= 15 is 0 Å². The Labute approximate surface area is 70.5 Å². The fourth-order valence-corrected chi connectivity index (χ4v) is 2.28. The van der Waals surface area contributed by atoms with Gasteiger partial charge in [0, 0.05) is 9.58 Å².